The second-order valence-electron chi connectivity index (χ2n) is 14.1. The number of fused-ring (bicyclic) bond motifs is 1. The number of carbonyl (C=O) groups excluding carboxylic acids is 4. The minimum absolute atomic E-state index is 0.0783. The van der Waals surface area contributed by atoms with Crippen LogP contribution in [0.15, 0.2) is 54.9 Å². The van der Waals surface area contributed by atoms with Crippen molar-refractivity contribution in [3.05, 3.63) is 82.4 Å². The highest BCUT2D eigenvalue weighted by molar-refractivity contribution is 6.28. The van der Waals surface area contributed by atoms with Crippen molar-refractivity contribution < 1.29 is 42.9 Å². The summed E-state index contributed by atoms with van der Waals surface area (Å²) in [5, 5.41) is -0.0902. The first kappa shape index (κ1) is 42.1. The van der Waals surface area contributed by atoms with E-state index in [2.05, 4.69) is 28.8 Å². The average Bonchev–Trinajstić information content (AvgIpc) is 3.74. The van der Waals surface area contributed by atoms with Gasteiger partial charge in [-0.25, -0.2) is 14.6 Å². The summed E-state index contributed by atoms with van der Waals surface area (Å²) in [6.07, 6.45) is 6.79. The molecule has 5 rings (SSSR count). The molecule has 3 atom stereocenters. The Hall–Kier alpha value is -5.08. The van der Waals surface area contributed by atoms with Gasteiger partial charge in [0.25, 0.3) is 0 Å². The molecule has 14 nitrogen and oxygen atoms in total. The number of nitrogens with two attached hydrogens (primary N) is 1. The summed E-state index contributed by atoms with van der Waals surface area (Å²) in [5.74, 6) is -1.98. The topological polar surface area (TPSA) is 184 Å². The highest BCUT2D eigenvalue weighted by Gasteiger charge is 2.60. The van der Waals surface area contributed by atoms with Crippen LogP contribution >= 0.6 is 11.6 Å². The van der Waals surface area contributed by atoms with Gasteiger partial charge < -0.3 is 29.4 Å². The van der Waals surface area contributed by atoms with E-state index >= 15 is 0 Å². The predicted molar refractivity (Wildman–Crippen MR) is 207 cm³/mol. The van der Waals surface area contributed by atoms with E-state index in [4.69, 9.17) is 41.0 Å². The molecule has 0 saturated carbocycles. The Morgan fingerprint density at radius 2 is 1.41 bits per heavy atom. The summed E-state index contributed by atoms with van der Waals surface area (Å²) >= 11 is 6.18. The molecular formula is C41H50ClN5O9. The zero-order valence-electron chi connectivity index (χ0n) is 32.4. The van der Waals surface area contributed by atoms with Crippen molar-refractivity contribution >= 4 is 52.5 Å². The van der Waals surface area contributed by atoms with Gasteiger partial charge in [0.2, 0.25) is 5.28 Å². The quantitative estimate of drug-likeness (QED) is 0.0420. The number of rotatable bonds is 19. The molecular weight excluding hydrogens is 742 g/mol. The van der Waals surface area contributed by atoms with Crippen LogP contribution < -0.4 is 5.73 Å². The molecule has 2 N–H and O–H groups in total. The maximum Gasteiger partial charge on any atom is 0.339 e. The van der Waals surface area contributed by atoms with Crippen LogP contribution in [-0.4, -0.2) is 61.2 Å². The van der Waals surface area contributed by atoms with Gasteiger partial charge in [0.1, 0.15) is 42.8 Å². The number of nitrogens with zero attached hydrogens (tertiary/aromatic N) is 4. The van der Waals surface area contributed by atoms with Crippen molar-refractivity contribution in [2.45, 2.75) is 123 Å². The highest BCUT2D eigenvalue weighted by Crippen LogP contribution is 2.50. The maximum absolute atomic E-state index is 14.2. The number of halogens is 1. The van der Waals surface area contributed by atoms with E-state index in [1.807, 2.05) is 6.92 Å². The molecule has 4 aromatic rings. The molecule has 0 bridgehead atoms. The molecule has 0 amide bonds. The number of unbranched alkanes of at least 4 members (excludes halogenated alkanes) is 4. The number of imidazole rings is 1. The molecule has 300 valence electrons. The fourth-order valence-corrected chi connectivity index (χ4v) is 7.00. The van der Waals surface area contributed by atoms with Gasteiger partial charge in [0.15, 0.2) is 11.5 Å². The van der Waals surface area contributed by atoms with E-state index in [0.717, 1.165) is 38.5 Å². The van der Waals surface area contributed by atoms with Crippen molar-refractivity contribution in [3.63, 3.8) is 0 Å². The van der Waals surface area contributed by atoms with E-state index in [9.17, 15) is 19.2 Å². The second kappa shape index (κ2) is 19.2. The molecule has 1 aliphatic heterocycles. The van der Waals surface area contributed by atoms with Gasteiger partial charge in [-0.15, -0.1) is 0 Å². The number of nitrogen functional groups attached to an aromatic ring is 1. The fraction of sp³-hybridized carbons (Fsp3) is 0.488. The van der Waals surface area contributed by atoms with Gasteiger partial charge in [0.05, 0.1) is 17.5 Å². The molecule has 0 unspecified atom stereocenters. The maximum atomic E-state index is 14.2. The van der Waals surface area contributed by atoms with Crippen LogP contribution in [0.3, 0.4) is 0 Å². The zero-order valence-corrected chi connectivity index (χ0v) is 33.1. The van der Waals surface area contributed by atoms with Crippen LogP contribution in [0.5, 0.6) is 0 Å². The normalized spacial score (nSPS) is 19.1. The first-order chi connectivity index (χ1) is 26.9. The summed E-state index contributed by atoms with van der Waals surface area (Å²) in [5.41, 5.74) is 5.26. The van der Waals surface area contributed by atoms with Crippen LogP contribution in [0.4, 0.5) is 5.82 Å². The summed E-state index contributed by atoms with van der Waals surface area (Å²) in [6.45, 7) is 7.11. The summed E-state index contributed by atoms with van der Waals surface area (Å²) in [4.78, 5) is 65.4. The third-order valence-corrected chi connectivity index (χ3v) is 10.3. The van der Waals surface area contributed by atoms with Crippen molar-refractivity contribution in [1.29, 1.82) is 0 Å². The van der Waals surface area contributed by atoms with Gasteiger partial charge in [-0.1, -0.05) is 82.9 Å². The Morgan fingerprint density at radius 1 is 0.839 bits per heavy atom. The van der Waals surface area contributed by atoms with Crippen molar-refractivity contribution in [1.82, 2.24) is 19.5 Å². The number of ether oxygens (including phenoxy) is 5. The number of hydrogen-bond donors (Lipinski definition) is 1. The Bertz CT molecular complexity index is 2020. The standard InChI is InChI=1S/C41H50ClN5O9/c1-5-8-10-20-32(48)52-23-27-16-12-14-18-29(27)37(50)54-25-40(4)41(7-3,22-31(55-40)47-26-44-34-35(43)45-39(42)46-36(34)47)56-38(51)30-19-15-13-17-28(30)24-53-33(49)21-11-9-6-2/h12-19,26,31H,5-11,20-25H2,1-4H3,(H2,43,45,46)/t31-,40-,41+/m1/s1. The second-order valence-corrected chi connectivity index (χ2v) is 14.4. The Balaban J connectivity index is 1.41. The Labute approximate surface area is 331 Å². The summed E-state index contributed by atoms with van der Waals surface area (Å²) < 4.78 is 31.8. The highest BCUT2D eigenvalue weighted by atomic mass is 35.5. The lowest BCUT2D eigenvalue weighted by molar-refractivity contribution is -0.158. The lowest BCUT2D eigenvalue weighted by Gasteiger charge is -2.40. The SMILES string of the molecule is CCCCCC(=O)OCc1ccccc1C(=O)OC[C@@]1(C)O[C@@H](n2cnc3c(N)nc(Cl)nc32)C[C@]1(CC)OC(=O)c1ccccc1COC(=O)CCCCC. The van der Waals surface area contributed by atoms with E-state index in [1.54, 1.807) is 60.0 Å². The minimum atomic E-state index is -1.43. The van der Waals surface area contributed by atoms with Gasteiger partial charge in [0, 0.05) is 30.4 Å². The molecule has 3 heterocycles. The van der Waals surface area contributed by atoms with Crippen LogP contribution in [0, 0.1) is 0 Å². The van der Waals surface area contributed by atoms with Crippen LogP contribution in [-0.2, 0) is 46.5 Å². The zero-order chi connectivity index (χ0) is 40.3. The Morgan fingerprint density at radius 3 is 1.98 bits per heavy atom. The number of aromatic nitrogens is 4. The van der Waals surface area contributed by atoms with Crippen LogP contribution in [0.1, 0.15) is 130 Å². The summed E-state index contributed by atoms with van der Waals surface area (Å²) in [6, 6.07) is 13.5. The lowest BCUT2D eigenvalue weighted by atomic mass is 9.81. The largest absolute Gasteiger partial charge is 0.461 e. The number of carbonyl (C=O) groups is 4. The number of esters is 4. The molecule has 1 fully saturated rings. The smallest absolute Gasteiger partial charge is 0.339 e. The van der Waals surface area contributed by atoms with Crippen LogP contribution in [0.2, 0.25) is 5.28 Å². The number of hydrogen-bond acceptors (Lipinski definition) is 13. The first-order valence-electron chi connectivity index (χ1n) is 19.1. The van der Waals surface area contributed by atoms with Gasteiger partial charge in [-0.3, -0.25) is 14.2 Å². The molecule has 0 aliphatic carbocycles. The molecule has 0 spiro atoms. The molecule has 1 saturated heterocycles. The van der Waals surface area contributed by atoms with Gasteiger partial charge >= 0.3 is 23.9 Å². The third kappa shape index (κ3) is 9.83. The molecule has 0 radical (unpaired) electrons. The van der Waals surface area contributed by atoms with Gasteiger partial charge in [-0.05, 0) is 49.9 Å². The lowest BCUT2D eigenvalue weighted by Crippen LogP contribution is -2.54. The predicted octanol–water partition coefficient (Wildman–Crippen LogP) is 7.85. The van der Waals surface area contributed by atoms with Crippen molar-refractivity contribution in [2.24, 2.45) is 0 Å². The Kier molecular flexibility index (Phi) is 14.4. The molecule has 15 heteroatoms. The van der Waals surface area contributed by atoms with Gasteiger partial charge in [-0.2, -0.15) is 9.97 Å². The van der Waals surface area contributed by atoms with E-state index in [1.165, 1.54) is 6.33 Å². The van der Waals surface area contributed by atoms with E-state index in [-0.39, 0.29) is 73.3 Å². The van der Waals surface area contributed by atoms with Crippen LogP contribution in [0.25, 0.3) is 11.2 Å². The summed E-state index contributed by atoms with van der Waals surface area (Å²) in [7, 11) is 0. The monoisotopic (exact) mass is 791 g/mol. The average molecular weight is 792 g/mol. The third-order valence-electron chi connectivity index (χ3n) is 10.2. The number of anilines is 1. The van der Waals surface area contributed by atoms with E-state index in [0.29, 0.717) is 28.7 Å². The molecule has 2 aromatic heterocycles. The van der Waals surface area contributed by atoms with Crippen molar-refractivity contribution in [3.8, 4) is 0 Å². The minimum Gasteiger partial charge on any atom is -0.461 e. The first-order valence-corrected chi connectivity index (χ1v) is 19.5. The molecule has 1 aliphatic rings. The molecule has 2 aromatic carbocycles. The van der Waals surface area contributed by atoms with E-state index < -0.39 is 29.4 Å². The fourth-order valence-electron chi connectivity index (χ4n) is 6.83. The molecule has 56 heavy (non-hydrogen) atoms. The van der Waals surface area contributed by atoms with Crippen molar-refractivity contribution in [2.75, 3.05) is 12.3 Å². The number of benzene rings is 2.